The summed E-state index contributed by atoms with van der Waals surface area (Å²) in [5.41, 5.74) is 0. The monoisotopic (exact) mass is 109 g/mol. The summed E-state index contributed by atoms with van der Waals surface area (Å²) in [6.45, 7) is 5.99. The van der Waals surface area contributed by atoms with Crippen molar-refractivity contribution in [3.05, 3.63) is 0 Å². The van der Waals surface area contributed by atoms with Crippen molar-refractivity contribution in [3.8, 4) is 0 Å². The minimum absolute atomic E-state index is 0. The average molecular weight is 109 g/mol. The van der Waals surface area contributed by atoms with E-state index in [9.17, 15) is 0 Å². The fourth-order valence-electron chi connectivity index (χ4n) is 0.391. The third kappa shape index (κ3) is 9.75. The first-order chi connectivity index (χ1) is 3.41. The maximum absolute atomic E-state index is 5.07. The molecule has 0 fully saturated rings. The predicted molar refractivity (Wildman–Crippen MR) is 37.2 cm³/mol. The number of hydrogen-bond acceptors (Lipinski definition) is 1. The normalized spacial score (nSPS) is 8.25. The second kappa shape index (κ2) is 10.5. The Kier molecular flexibility index (Phi) is 14.9. The average Bonchev–Trinajstić information content (AvgIpc) is 1.69. The summed E-state index contributed by atoms with van der Waals surface area (Å²) in [5.74, 6) is 0. The SMILES string of the molecule is CCCCOCC.[Li]. The second-order valence-electron chi connectivity index (χ2n) is 1.55. The van der Waals surface area contributed by atoms with E-state index < -0.39 is 0 Å². The van der Waals surface area contributed by atoms with E-state index in [2.05, 4.69) is 6.92 Å². The van der Waals surface area contributed by atoms with Crippen LogP contribution in [0.1, 0.15) is 26.7 Å². The molecule has 0 N–H and O–H groups in total. The summed E-state index contributed by atoms with van der Waals surface area (Å²) in [5, 5.41) is 0. The molecule has 0 aliphatic carbocycles. The number of unbranched alkanes of at least 4 members (excludes halogenated alkanes) is 1. The van der Waals surface area contributed by atoms with Crippen molar-refractivity contribution < 1.29 is 4.74 Å². The zero-order valence-electron chi connectivity index (χ0n) is 6.24. The predicted octanol–water partition coefficient (Wildman–Crippen LogP) is 1.44. The van der Waals surface area contributed by atoms with Crippen molar-refractivity contribution >= 4 is 18.9 Å². The summed E-state index contributed by atoms with van der Waals surface area (Å²) in [7, 11) is 0. The minimum Gasteiger partial charge on any atom is -0.382 e. The summed E-state index contributed by atoms with van der Waals surface area (Å²) in [6, 6.07) is 0. The van der Waals surface area contributed by atoms with Crippen LogP contribution in [-0.2, 0) is 4.74 Å². The van der Waals surface area contributed by atoms with E-state index in [-0.39, 0.29) is 18.9 Å². The molecule has 0 unspecified atom stereocenters. The molecule has 0 atom stereocenters. The molecular formula is C6H14LiO. The standard InChI is InChI=1S/C6H14O.Li/c1-3-5-6-7-4-2;/h3-6H2,1-2H3;. The van der Waals surface area contributed by atoms with Crippen LogP contribution in [0.25, 0.3) is 0 Å². The molecule has 0 rings (SSSR count). The van der Waals surface area contributed by atoms with Crippen molar-refractivity contribution in [3.63, 3.8) is 0 Å². The Morgan fingerprint density at radius 1 is 1.25 bits per heavy atom. The van der Waals surface area contributed by atoms with Crippen molar-refractivity contribution in [1.82, 2.24) is 0 Å². The molecule has 45 valence electrons. The molecule has 0 amide bonds. The van der Waals surface area contributed by atoms with E-state index in [1.54, 1.807) is 0 Å². The quantitative estimate of drug-likeness (QED) is 0.392. The molecule has 0 bridgehead atoms. The Bertz CT molecular complexity index is 27.7. The van der Waals surface area contributed by atoms with Gasteiger partial charge in [-0.25, -0.2) is 0 Å². The van der Waals surface area contributed by atoms with E-state index in [1.165, 1.54) is 12.8 Å². The fraction of sp³-hybridized carbons (Fsp3) is 1.00. The molecule has 0 aromatic rings. The van der Waals surface area contributed by atoms with Gasteiger partial charge in [-0.2, -0.15) is 0 Å². The van der Waals surface area contributed by atoms with Gasteiger partial charge in [-0.15, -0.1) is 0 Å². The van der Waals surface area contributed by atoms with Gasteiger partial charge < -0.3 is 4.74 Å². The Labute approximate surface area is 64.0 Å². The smallest absolute Gasteiger partial charge is 0.0465 e. The molecule has 8 heavy (non-hydrogen) atoms. The first kappa shape index (κ1) is 11.4. The van der Waals surface area contributed by atoms with Gasteiger partial charge in [-0.05, 0) is 13.3 Å². The molecule has 0 aromatic heterocycles. The molecule has 0 aromatic carbocycles. The van der Waals surface area contributed by atoms with Crippen LogP contribution in [0.4, 0.5) is 0 Å². The topological polar surface area (TPSA) is 9.23 Å². The molecule has 2 heteroatoms. The second-order valence-corrected chi connectivity index (χ2v) is 1.55. The van der Waals surface area contributed by atoms with Crippen molar-refractivity contribution in [1.29, 1.82) is 0 Å². The van der Waals surface area contributed by atoms with Gasteiger partial charge >= 0.3 is 0 Å². The molecule has 0 heterocycles. The van der Waals surface area contributed by atoms with E-state index in [0.717, 1.165) is 13.2 Å². The third-order valence-electron chi connectivity index (χ3n) is 0.846. The van der Waals surface area contributed by atoms with Crippen molar-refractivity contribution in [2.75, 3.05) is 13.2 Å². The van der Waals surface area contributed by atoms with Crippen LogP contribution in [0, 0.1) is 0 Å². The summed E-state index contributed by atoms with van der Waals surface area (Å²) >= 11 is 0. The molecular weight excluding hydrogens is 95.0 g/mol. The molecule has 0 aliphatic heterocycles. The fourth-order valence-corrected chi connectivity index (χ4v) is 0.391. The van der Waals surface area contributed by atoms with Crippen molar-refractivity contribution in [2.45, 2.75) is 26.7 Å². The van der Waals surface area contributed by atoms with Crippen molar-refractivity contribution in [2.24, 2.45) is 0 Å². The Morgan fingerprint density at radius 3 is 2.25 bits per heavy atom. The minimum atomic E-state index is 0. The van der Waals surface area contributed by atoms with Crippen LogP contribution in [-0.4, -0.2) is 32.1 Å². The van der Waals surface area contributed by atoms with Gasteiger partial charge in [0, 0.05) is 32.1 Å². The van der Waals surface area contributed by atoms with Crippen LogP contribution >= 0.6 is 0 Å². The maximum atomic E-state index is 5.07. The first-order valence-corrected chi connectivity index (χ1v) is 2.99. The van der Waals surface area contributed by atoms with Crippen LogP contribution < -0.4 is 0 Å². The number of ether oxygens (including phenoxy) is 1. The van der Waals surface area contributed by atoms with E-state index in [4.69, 9.17) is 4.74 Å². The Hall–Kier alpha value is 0.557. The molecule has 0 saturated heterocycles. The largest absolute Gasteiger partial charge is 0.382 e. The Balaban J connectivity index is 0. The van der Waals surface area contributed by atoms with Gasteiger partial charge in [0.25, 0.3) is 0 Å². The third-order valence-corrected chi connectivity index (χ3v) is 0.846. The van der Waals surface area contributed by atoms with Gasteiger partial charge in [-0.1, -0.05) is 13.3 Å². The molecule has 0 aliphatic rings. The molecule has 0 spiro atoms. The Morgan fingerprint density at radius 2 is 1.88 bits per heavy atom. The van der Waals surface area contributed by atoms with Gasteiger partial charge in [0.1, 0.15) is 0 Å². The van der Waals surface area contributed by atoms with E-state index in [1.807, 2.05) is 6.92 Å². The molecule has 0 saturated carbocycles. The number of rotatable bonds is 4. The van der Waals surface area contributed by atoms with E-state index >= 15 is 0 Å². The molecule has 1 radical (unpaired) electrons. The maximum Gasteiger partial charge on any atom is 0.0465 e. The van der Waals surface area contributed by atoms with Crippen LogP contribution in [0.2, 0.25) is 0 Å². The first-order valence-electron chi connectivity index (χ1n) is 2.99. The van der Waals surface area contributed by atoms with Gasteiger partial charge in [0.15, 0.2) is 0 Å². The van der Waals surface area contributed by atoms with Crippen LogP contribution in [0.15, 0.2) is 0 Å². The van der Waals surface area contributed by atoms with E-state index in [0.29, 0.717) is 0 Å². The van der Waals surface area contributed by atoms with Crippen LogP contribution in [0.3, 0.4) is 0 Å². The zero-order valence-corrected chi connectivity index (χ0v) is 6.24. The van der Waals surface area contributed by atoms with Crippen LogP contribution in [0.5, 0.6) is 0 Å². The number of hydrogen-bond donors (Lipinski definition) is 0. The summed E-state index contributed by atoms with van der Waals surface area (Å²) < 4.78 is 5.07. The summed E-state index contributed by atoms with van der Waals surface area (Å²) in [4.78, 5) is 0. The molecule has 1 nitrogen and oxygen atoms in total. The summed E-state index contributed by atoms with van der Waals surface area (Å²) in [6.07, 6.45) is 2.44. The zero-order chi connectivity index (χ0) is 5.54. The van der Waals surface area contributed by atoms with Gasteiger partial charge in [0.2, 0.25) is 0 Å². The van der Waals surface area contributed by atoms with Gasteiger partial charge in [0.05, 0.1) is 0 Å². The van der Waals surface area contributed by atoms with Gasteiger partial charge in [-0.3, -0.25) is 0 Å².